The number of carbonyl (C=O) groups excluding carboxylic acids is 1. The largest absolute Gasteiger partial charge is 0.346 e. The average Bonchev–Trinajstić information content (AvgIpc) is 2.70. The summed E-state index contributed by atoms with van der Waals surface area (Å²) in [5.74, 6) is -0.575. The fraction of sp³-hybridized carbons (Fsp3) is 0.316. The molecule has 3 aromatic rings. The third-order valence-corrected chi connectivity index (χ3v) is 4.61. The van der Waals surface area contributed by atoms with Crippen LogP contribution in [0.4, 0.5) is 0 Å². The number of rotatable bonds is 5. The van der Waals surface area contributed by atoms with Gasteiger partial charge in [-0.1, -0.05) is 6.07 Å². The number of hydrogen-bond donors (Lipinski definition) is 1. The molecule has 3 heterocycles. The lowest BCUT2D eigenvalue weighted by molar-refractivity contribution is 0.0951. The van der Waals surface area contributed by atoms with E-state index in [9.17, 15) is 19.2 Å². The van der Waals surface area contributed by atoms with Crippen LogP contribution in [0.15, 0.2) is 44.8 Å². The van der Waals surface area contributed by atoms with Crippen molar-refractivity contribution >= 4 is 16.9 Å². The van der Waals surface area contributed by atoms with Crippen molar-refractivity contribution in [2.75, 3.05) is 0 Å². The number of carbonyl (C=O) groups is 1. The van der Waals surface area contributed by atoms with Crippen molar-refractivity contribution in [3.8, 4) is 0 Å². The summed E-state index contributed by atoms with van der Waals surface area (Å²) in [7, 11) is 1.48. The van der Waals surface area contributed by atoms with E-state index in [4.69, 9.17) is 0 Å². The molecule has 0 unspecified atom stereocenters. The lowest BCUT2D eigenvalue weighted by atomic mass is 10.1. The number of pyridine rings is 2. The number of hydrogen-bond acceptors (Lipinski definition) is 5. The van der Waals surface area contributed by atoms with Gasteiger partial charge in [-0.15, -0.1) is 0 Å². The van der Waals surface area contributed by atoms with Crippen LogP contribution in [0.3, 0.4) is 0 Å². The zero-order valence-corrected chi connectivity index (χ0v) is 15.9. The second-order valence-electron chi connectivity index (χ2n) is 6.23. The van der Waals surface area contributed by atoms with Crippen molar-refractivity contribution in [1.82, 2.24) is 24.0 Å². The van der Waals surface area contributed by atoms with Crippen LogP contribution < -0.4 is 22.1 Å². The molecule has 0 saturated carbocycles. The van der Waals surface area contributed by atoms with Gasteiger partial charge in [-0.3, -0.25) is 33.1 Å². The lowest BCUT2D eigenvalue weighted by Crippen LogP contribution is -2.42. The van der Waals surface area contributed by atoms with E-state index in [0.717, 1.165) is 10.6 Å². The molecule has 1 N–H and O–H groups in total. The molecular formula is C19H21N5O4. The molecule has 9 nitrogen and oxygen atoms in total. The Morgan fingerprint density at radius 1 is 1.11 bits per heavy atom. The summed E-state index contributed by atoms with van der Waals surface area (Å²) in [6.45, 7) is 3.96. The fourth-order valence-electron chi connectivity index (χ4n) is 3.22. The highest BCUT2D eigenvalue weighted by atomic mass is 16.2. The summed E-state index contributed by atoms with van der Waals surface area (Å²) < 4.78 is 3.59. The van der Waals surface area contributed by atoms with Gasteiger partial charge >= 0.3 is 5.69 Å². The molecular weight excluding hydrogens is 362 g/mol. The summed E-state index contributed by atoms with van der Waals surface area (Å²) in [5.41, 5.74) is -0.860. The Kier molecular flexibility index (Phi) is 5.25. The molecule has 0 spiro atoms. The van der Waals surface area contributed by atoms with Gasteiger partial charge < -0.3 is 5.32 Å². The lowest BCUT2D eigenvalue weighted by Gasteiger charge is -2.16. The van der Waals surface area contributed by atoms with Crippen LogP contribution in [0.25, 0.3) is 11.0 Å². The van der Waals surface area contributed by atoms with Gasteiger partial charge in [0.1, 0.15) is 5.65 Å². The molecule has 0 bridgehead atoms. The highest BCUT2D eigenvalue weighted by Crippen LogP contribution is 2.12. The third-order valence-electron chi connectivity index (χ3n) is 4.61. The van der Waals surface area contributed by atoms with Crippen LogP contribution in [0.1, 0.15) is 29.9 Å². The maximum Gasteiger partial charge on any atom is 0.332 e. The van der Waals surface area contributed by atoms with Crippen molar-refractivity contribution in [3.63, 3.8) is 0 Å². The Morgan fingerprint density at radius 3 is 2.43 bits per heavy atom. The summed E-state index contributed by atoms with van der Waals surface area (Å²) >= 11 is 0. The first kappa shape index (κ1) is 19.3. The van der Waals surface area contributed by atoms with Gasteiger partial charge in [0.2, 0.25) is 0 Å². The van der Waals surface area contributed by atoms with Gasteiger partial charge in [0.05, 0.1) is 23.2 Å². The van der Waals surface area contributed by atoms with Gasteiger partial charge in [0.25, 0.3) is 17.0 Å². The predicted octanol–water partition coefficient (Wildman–Crippen LogP) is 0.227. The van der Waals surface area contributed by atoms with Crippen LogP contribution in [-0.2, 0) is 26.7 Å². The molecule has 0 aliphatic carbocycles. The highest BCUT2D eigenvalue weighted by molar-refractivity contribution is 6.05. The number of nitrogens with one attached hydrogen (secondary N) is 1. The average molecular weight is 383 g/mol. The molecule has 3 aromatic heterocycles. The van der Waals surface area contributed by atoms with E-state index in [0.29, 0.717) is 5.69 Å². The summed E-state index contributed by atoms with van der Waals surface area (Å²) in [4.78, 5) is 54.9. The van der Waals surface area contributed by atoms with Gasteiger partial charge in [-0.05, 0) is 26.0 Å². The monoisotopic (exact) mass is 383 g/mol. The quantitative estimate of drug-likeness (QED) is 0.678. The van der Waals surface area contributed by atoms with Crippen molar-refractivity contribution in [2.45, 2.75) is 33.5 Å². The van der Waals surface area contributed by atoms with Crippen molar-refractivity contribution < 1.29 is 4.79 Å². The number of aromatic nitrogens is 4. The van der Waals surface area contributed by atoms with Gasteiger partial charge in [-0.2, -0.15) is 0 Å². The molecule has 146 valence electrons. The number of amides is 1. The molecule has 0 radical (unpaired) electrons. The van der Waals surface area contributed by atoms with Crippen molar-refractivity contribution in [1.29, 1.82) is 0 Å². The highest BCUT2D eigenvalue weighted by Gasteiger charge is 2.21. The molecule has 1 amide bonds. The Morgan fingerprint density at radius 2 is 1.82 bits per heavy atom. The minimum absolute atomic E-state index is 0.0453. The minimum Gasteiger partial charge on any atom is -0.346 e. The second kappa shape index (κ2) is 7.63. The number of nitrogens with zero attached hydrogens (tertiary/aromatic N) is 4. The molecule has 28 heavy (non-hydrogen) atoms. The van der Waals surface area contributed by atoms with Crippen molar-refractivity contribution in [3.05, 3.63) is 72.9 Å². The summed E-state index contributed by atoms with van der Waals surface area (Å²) in [6, 6.07) is 6.45. The maximum atomic E-state index is 13.0. The van der Waals surface area contributed by atoms with Crippen molar-refractivity contribution in [2.24, 2.45) is 7.05 Å². The topological polar surface area (TPSA) is 108 Å². The molecule has 0 aliphatic heterocycles. The molecule has 3 rings (SSSR count). The molecule has 0 aliphatic rings. The third kappa shape index (κ3) is 3.15. The zero-order valence-electron chi connectivity index (χ0n) is 15.9. The van der Waals surface area contributed by atoms with Gasteiger partial charge in [0, 0.05) is 32.4 Å². The maximum absolute atomic E-state index is 13.0. The van der Waals surface area contributed by atoms with E-state index in [-0.39, 0.29) is 36.2 Å². The SMILES string of the molecule is CCn1c(=O)c2c(C(=O)NCc3ccccn3)cc(=O)n(CC)c2n(C)c1=O. The van der Waals surface area contributed by atoms with E-state index in [1.165, 1.54) is 16.2 Å². The molecule has 0 saturated heterocycles. The molecule has 9 heteroatoms. The number of aryl methyl sites for hydroxylation is 2. The number of fused-ring (bicyclic) bond motifs is 1. The first-order chi connectivity index (χ1) is 13.4. The van der Waals surface area contributed by atoms with E-state index >= 15 is 0 Å². The smallest absolute Gasteiger partial charge is 0.332 e. The van der Waals surface area contributed by atoms with Crippen LogP contribution in [-0.4, -0.2) is 24.6 Å². The predicted molar refractivity (Wildman–Crippen MR) is 104 cm³/mol. The Labute approximate surface area is 159 Å². The van der Waals surface area contributed by atoms with Crippen LogP contribution in [0.5, 0.6) is 0 Å². The van der Waals surface area contributed by atoms with Crippen LogP contribution in [0.2, 0.25) is 0 Å². The first-order valence-electron chi connectivity index (χ1n) is 8.96. The second-order valence-corrected chi connectivity index (χ2v) is 6.23. The van der Waals surface area contributed by atoms with E-state index in [1.54, 1.807) is 38.2 Å². The summed E-state index contributed by atoms with van der Waals surface area (Å²) in [5, 5.41) is 2.73. The Bertz CT molecular complexity index is 1220. The van der Waals surface area contributed by atoms with Crippen LogP contribution >= 0.6 is 0 Å². The zero-order chi connectivity index (χ0) is 20.4. The van der Waals surface area contributed by atoms with Gasteiger partial charge in [0.15, 0.2) is 0 Å². The Balaban J connectivity index is 2.24. The summed E-state index contributed by atoms with van der Waals surface area (Å²) in [6.07, 6.45) is 1.61. The molecule has 0 fully saturated rings. The molecule has 0 atom stereocenters. The van der Waals surface area contributed by atoms with E-state index < -0.39 is 22.7 Å². The minimum atomic E-state index is -0.592. The van der Waals surface area contributed by atoms with E-state index in [2.05, 4.69) is 10.3 Å². The van der Waals surface area contributed by atoms with E-state index in [1.807, 2.05) is 0 Å². The van der Waals surface area contributed by atoms with Gasteiger partial charge in [-0.25, -0.2) is 4.79 Å². The Hall–Kier alpha value is -3.49. The fourth-order valence-corrected chi connectivity index (χ4v) is 3.22. The first-order valence-corrected chi connectivity index (χ1v) is 8.96. The normalized spacial score (nSPS) is 11.0. The standard InChI is InChI=1S/C19H21N5O4/c1-4-23-14(25)10-13(16(26)21-11-12-8-6-7-9-20-12)15-17(23)22(3)19(28)24(5-2)18(15)27/h6-10H,4-5,11H2,1-3H3,(H,21,26). The molecule has 0 aromatic carbocycles. The van der Waals surface area contributed by atoms with Crippen LogP contribution in [0, 0.1) is 0 Å².